The van der Waals surface area contributed by atoms with E-state index in [1.54, 1.807) is 0 Å². The molecule has 4 unspecified atom stereocenters. The van der Waals surface area contributed by atoms with Crippen LogP contribution in [0, 0.1) is 11.8 Å². The summed E-state index contributed by atoms with van der Waals surface area (Å²) in [4.78, 5) is 11.0. The van der Waals surface area contributed by atoms with Crippen LogP contribution in [0.5, 0.6) is 0 Å². The molecule has 1 heterocycles. The molecule has 0 bridgehead atoms. The minimum Gasteiger partial charge on any atom is -0.400 e. The van der Waals surface area contributed by atoms with Gasteiger partial charge in [0, 0.05) is 31.7 Å². The molecule has 6 N–H and O–H groups in total. The fourth-order valence-corrected chi connectivity index (χ4v) is 3.95. The van der Waals surface area contributed by atoms with Gasteiger partial charge in [-0.2, -0.15) is 0 Å². The molecular formula is C14H29N3O3. The fourth-order valence-electron chi connectivity index (χ4n) is 3.95. The van der Waals surface area contributed by atoms with Gasteiger partial charge in [-0.05, 0) is 50.5 Å². The molecule has 1 saturated heterocycles. The van der Waals surface area contributed by atoms with E-state index in [1.807, 2.05) is 0 Å². The van der Waals surface area contributed by atoms with E-state index in [2.05, 4.69) is 10.8 Å². The van der Waals surface area contributed by atoms with Crippen LogP contribution in [0.1, 0.15) is 38.5 Å². The Labute approximate surface area is 121 Å². The number of piperidine rings is 1. The molecule has 2 fully saturated rings. The molecule has 1 aliphatic heterocycles. The molecule has 1 aliphatic carbocycles. The zero-order chi connectivity index (χ0) is 15.0. The van der Waals surface area contributed by atoms with Gasteiger partial charge in [0.1, 0.15) is 6.29 Å². The second-order valence-electron chi connectivity index (χ2n) is 5.78. The van der Waals surface area contributed by atoms with Crippen LogP contribution in [0.3, 0.4) is 0 Å². The van der Waals surface area contributed by atoms with Crippen LogP contribution in [0.4, 0.5) is 0 Å². The van der Waals surface area contributed by atoms with Crippen molar-refractivity contribution in [1.29, 1.82) is 0 Å². The van der Waals surface area contributed by atoms with Crippen molar-refractivity contribution in [2.24, 2.45) is 17.6 Å². The van der Waals surface area contributed by atoms with Crippen LogP contribution < -0.4 is 16.5 Å². The molecule has 0 aromatic heterocycles. The van der Waals surface area contributed by atoms with Gasteiger partial charge in [-0.25, -0.2) is 5.48 Å². The number of hydrogen-bond acceptors (Lipinski definition) is 6. The highest BCUT2D eigenvalue weighted by Gasteiger charge is 2.52. The normalized spacial score (nSPS) is 35.9. The van der Waals surface area contributed by atoms with E-state index in [0.717, 1.165) is 52.0 Å². The van der Waals surface area contributed by atoms with E-state index in [-0.39, 0.29) is 5.54 Å². The van der Waals surface area contributed by atoms with Crippen molar-refractivity contribution in [3.63, 3.8) is 0 Å². The maximum absolute atomic E-state index is 11.0. The predicted molar refractivity (Wildman–Crippen MR) is 77.4 cm³/mol. The first-order chi connectivity index (χ1) is 9.72. The number of rotatable bonds is 6. The topological polar surface area (TPSA) is 108 Å². The molecule has 20 heavy (non-hydrogen) atoms. The number of aliphatic hydroxyl groups excluding tert-OH is 1. The minimum atomic E-state index is -0.338. The summed E-state index contributed by atoms with van der Waals surface area (Å²) >= 11 is 0. The van der Waals surface area contributed by atoms with Crippen molar-refractivity contribution in [2.45, 2.75) is 50.1 Å². The summed E-state index contributed by atoms with van der Waals surface area (Å²) in [6.07, 6.45) is 6.69. The molecule has 0 amide bonds. The quantitative estimate of drug-likeness (QED) is 0.268. The van der Waals surface area contributed by atoms with Gasteiger partial charge >= 0.3 is 0 Å². The number of nitrogens with one attached hydrogen (secondary N) is 2. The van der Waals surface area contributed by atoms with Crippen LogP contribution in [-0.4, -0.2) is 48.4 Å². The Balaban J connectivity index is 0.000000956. The summed E-state index contributed by atoms with van der Waals surface area (Å²) in [5, 5.41) is 19.2. The van der Waals surface area contributed by atoms with Gasteiger partial charge in [0.25, 0.3) is 0 Å². The molecule has 2 rings (SSSR count). The first-order valence-corrected chi connectivity index (χ1v) is 7.50. The van der Waals surface area contributed by atoms with E-state index in [9.17, 15) is 4.79 Å². The number of fused-ring (bicyclic) bond motifs is 1. The molecule has 0 aromatic carbocycles. The molecule has 4 atom stereocenters. The predicted octanol–water partition coefficient (Wildman–Crippen LogP) is 0.0285. The third kappa shape index (κ3) is 3.77. The number of hydrogen-bond donors (Lipinski definition) is 5. The van der Waals surface area contributed by atoms with Gasteiger partial charge in [0.2, 0.25) is 0 Å². The number of nitrogens with two attached hydrogens (primary N) is 1. The average molecular weight is 287 g/mol. The van der Waals surface area contributed by atoms with Crippen molar-refractivity contribution in [3.05, 3.63) is 0 Å². The summed E-state index contributed by atoms with van der Waals surface area (Å²) in [6.45, 7) is 1.67. The van der Waals surface area contributed by atoms with Crippen LogP contribution in [0.2, 0.25) is 0 Å². The number of aliphatic hydroxyl groups is 1. The lowest BCUT2D eigenvalue weighted by atomic mass is 9.74. The van der Waals surface area contributed by atoms with Gasteiger partial charge in [-0.15, -0.1) is 0 Å². The van der Waals surface area contributed by atoms with Crippen molar-refractivity contribution in [1.82, 2.24) is 10.8 Å². The van der Waals surface area contributed by atoms with Crippen molar-refractivity contribution in [3.8, 4) is 0 Å². The molecule has 0 aromatic rings. The molecule has 6 nitrogen and oxygen atoms in total. The smallest absolute Gasteiger partial charge is 0.121 e. The van der Waals surface area contributed by atoms with Gasteiger partial charge < -0.3 is 26.2 Å². The van der Waals surface area contributed by atoms with Crippen molar-refractivity contribution in [2.75, 3.05) is 20.2 Å². The average Bonchev–Trinajstić information content (AvgIpc) is 2.75. The van der Waals surface area contributed by atoms with Gasteiger partial charge in [-0.1, -0.05) is 0 Å². The zero-order valence-electron chi connectivity index (χ0n) is 12.3. The molecule has 118 valence electrons. The van der Waals surface area contributed by atoms with Crippen molar-refractivity contribution < 1.29 is 15.1 Å². The Morgan fingerprint density at radius 1 is 1.50 bits per heavy atom. The molecular weight excluding hydrogens is 258 g/mol. The molecule has 2 aliphatic rings. The van der Waals surface area contributed by atoms with E-state index in [1.165, 1.54) is 0 Å². The molecule has 1 saturated carbocycles. The van der Waals surface area contributed by atoms with Gasteiger partial charge in [-0.3, -0.25) is 0 Å². The summed E-state index contributed by atoms with van der Waals surface area (Å²) < 4.78 is 0. The maximum atomic E-state index is 11.0. The summed E-state index contributed by atoms with van der Waals surface area (Å²) in [5.41, 5.74) is 8.45. The maximum Gasteiger partial charge on any atom is 0.121 e. The molecule has 0 spiro atoms. The fraction of sp³-hybridized carbons (Fsp3) is 0.929. The van der Waals surface area contributed by atoms with Crippen molar-refractivity contribution >= 4 is 6.29 Å². The number of carbonyl (C=O) groups excluding carboxylic acids is 1. The summed E-state index contributed by atoms with van der Waals surface area (Å²) in [7, 11) is 1.00. The Hall–Kier alpha value is -0.530. The number of hydroxylamine groups is 1. The van der Waals surface area contributed by atoms with E-state index in [4.69, 9.17) is 16.0 Å². The van der Waals surface area contributed by atoms with E-state index >= 15 is 0 Å². The highest BCUT2D eigenvalue weighted by molar-refractivity contribution is 5.52. The summed E-state index contributed by atoms with van der Waals surface area (Å²) in [5.74, 6) is 0.820. The Morgan fingerprint density at radius 3 is 2.90 bits per heavy atom. The van der Waals surface area contributed by atoms with E-state index < -0.39 is 0 Å². The Morgan fingerprint density at radius 2 is 2.25 bits per heavy atom. The van der Waals surface area contributed by atoms with Crippen LogP contribution in [0.25, 0.3) is 0 Å². The Bertz CT molecular complexity index is 291. The van der Waals surface area contributed by atoms with Gasteiger partial charge in [0.05, 0.1) is 0 Å². The van der Waals surface area contributed by atoms with E-state index in [0.29, 0.717) is 30.8 Å². The lowest BCUT2D eigenvalue weighted by Gasteiger charge is -2.38. The first-order valence-electron chi connectivity index (χ1n) is 7.50. The number of aldehydes is 1. The zero-order valence-corrected chi connectivity index (χ0v) is 12.3. The SMILES string of the molecule is CO.NC1(CC=O)C(CCCNO)CC2NCCCC21. The minimum absolute atomic E-state index is 0.338. The third-order valence-corrected chi connectivity index (χ3v) is 4.85. The highest BCUT2D eigenvalue weighted by atomic mass is 16.5. The molecule has 6 heteroatoms. The highest BCUT2D eigenvalue weighted by Crippen LogP contribution is 2.46. The second-order valence-corrected chi connectivity index (χ2v) is 5.78. The second kappa shape index (κ2) is 8.69. The Kier molecular flexibility index (Phi) is 7.61. The summed E-state index contributed by atoms with van der Waals surface area (Å²) in [6, 6.07) is 0.482. The largest absolute Gasteiger partial charge is 0.400 e. The standard InChI is InChI=1S/C13H25N3O2.CH4O/c14-13(5-8-17)10(3-1-7-16-18)9-12-11(13)4-2-6-15-12;1-2/h8,10-12,15-16,18H,1-7,9,14H2;2H,1H3. The number of carbonyl (C=O) groups is 1. The first kappa shape index (κ1) is 17.5. The lowest BCUT2D eigenvalue weighted by molar-refractivity contribution is -0.109. The van der Waals surface area contributed by atoms with Crippen LogP contribution in [-0.2, 0) is 4.79 Å². The monoisotopic (exact) mass is 287 g/mol. The lowest BCUT2D eigenvalue weighted by Crippen LogP contribution is -2.54. The van der Waals surface area contributed by atoms with Gasteiger partial charge in [0.15, 0.2) is 0 Å². The third-order valence-electron chi connectivity index (χ3n) is 4.85. The van der Waals surface area contributed by atoms with Crippen LogP contribution in [0.15, 0.2) is 0 Å². The molecule has 0 radical (unpaired) electrons. The van der Waals surface area contributed by atoms with Crippen LogP contribution >= 0.6 is 0 Å².